The third-order valence-electron chi connectivity index (χ3n) is 7.79. The first kappa shape index (κ1) is 21.1. The number of carbonyl (C=O) groups is 2. The second-order valence-corrected chi connectivity index (χ2v) is 9.38. The second-order valence-electron chi connectivity index (χ2n) is 9.38. The number of nitrogens with zero attached hydrogens (tertiary/aromatic N) is 3. The van der Waals surface area contributed by atoms with Crippen LogP contribution in [0.25, 0.3) is 0 Å². The van der Waals surface area contributed by atoms with Gasteiger partial charge in [0, 0.05) is 43.6 Å². The Morgan fingerprint density at radius 1 is 1.19 bits per heavy atom. The molecule has 0 saturated carbocycles. The lowest BCUT2D eigenvalue weighted by Crippen LogP contribution is -2.58. The lowest BCUT2D eigenvalue weighted by atomic mass is 9.70. The van der Waals surface area contributed by atoms with Gasteiger partial charge in [-0.25, -0.2) is 4.39 Å². The van der Waals surface area contributed by atoms with Crippen molar-refractivity contribution in [2.24, 2.45) is 0 Å². The molecule has 3 aliphatic heterocycles. The van der Waals surface area contributed by atoms with E-state index in [9.17, 15) is 14.0 Å². The zero-order valence-electron chi connectivity index (χ0n) is 18.8. The van der Waals surface area contributed by atoms with Gasteiger partial charge in [-0.2, -0.15) is 0 Å². The van der Waals surface area contributed by atoms with Gasteiger partial charge in [0.15, 0.2) is 5.78 Å². The van der Waals surface area contributed by atoms with Crippen molar-refractivity contribution in [3.63, 3.8) is 0 Å². The summed E-state index contributed by atoms with van der Waals surface area (Å²) in [7, 11) is 1.88. The molecule has 0 aromatic heterocycles. The molecule has 168 valence electrons. The molecule has 0 unspecified atom stereocenters. The number of likely N-dealkylation sites (tertiary alicyclic amines) is 1. The number of halogens is 1. The third-order valence-corrected chi connectivity index (χ3v) is 7.79. The molecule has 0 radical (unpaired) electrons. The predicted molar refractivity (Wildman–Crippen MR) is 124 cm³/mol. The van der Waals surface area contributed by atoms with Crippen molar-refractivity contribution in [2.45, 2.75) is 44.1 Å². The van der Waals surface area contributed by atoms with Gasteiger partial charge in [0.25, 0.3) is 0 Å². The highest BCUT2D eigenvalue weighted by Gasteiger charge is 2.55. The number of hydrogen-bond acceptors (Lipinski definition) is 4. The summed E-state index contributed by atoms with van der Waals surface area (Å²) in [6, 6.07) is 12.6. The second kappa shape index (κ2) is 8.00. The highest BCUT2D eigenvalue weighted by molar-refractivity contribution is 6.04. The number of benzene rings is 2. The summed E-state index contributed by atoms with van der Waals surface area (Å²) in [5, 5.41) is 0. The number of likely N-dealkylation sites (N-methyl/N-ethyl adjacent to an activating group) is 1. The first-order valence-corrected chi connectivity index (χ1v) is 11.6. The van der Waals surface area contributed by atoms with E-state index in [1.54, 1.807) is 17.0 Å². The smallest absolute Gasteiger partial charge is 0.246 e. The summed E-state index contributed by atoms with van der Waals surface area (Å²) in [4.78, 5) is 31.8. The van der Waals surface area contributed by atoms with Crippen LogP contribution in [0.4, 0.5) is 15.8 Å². The Balaban J connectivity index is 1.31. The number of piperidine rings is 1. The summed E-state index contributed by atoms with van der Waals surface area (Å²) in [6.45, 7) is 5.51. The van der Waals surface area contributed by atoms with Crippen LogP contribution < -0.4 is 9.80 Å². The van der Waals surface area contributed by atoms with Crippen LogP contribution >= 0.6 is 0 Å². The maximum atomic E-state index is 13.1. The Kier molecular flexibility index (Phi) is 5.28. The molecule has 0 N–H and O–H groups in total. The minimum absolute atomic E-state index is 0.00994. The standard InChI is InChI=1S/C26H30FN3O2/c1-3-26-17-29(14-5-8-22(31)18-9-11-19(27)12-10-18)15-13-23(26)30-16-24(32)28(2)21-7-4-6-20(26)25(21)30/h4,6-7,9-12,23H,3,5,8,13-17H2,1-2H3/t23-,26-/m0/s1. The first-order chi connectivity index (χ1) is 15.4. The van der Waals surface area contributed by atoms with E-state index in [1.807, 2.05) is 7.05 Å². The van der Waals surface area contributed by atoms with Gasteiger partial charge in [-0.15, -0.1) is 0 Å². The van der Waals surface area contributed by atoms with E-state index in [2.05, 4.69) is 34.9 Å². The number of ketones is 1. The molecule has 3 heterocycles. The molecule has 1 amide bonds. The lowest BCUT2D eigenvalue weighted by molar-refractivity contribution is -0.117. The van der Waals surface area contributed by atoms with Crippen LogP contribution in [0.1, 0.15) is 48.5 Å². The fraction of sp³-hybridized carbons (Fsp3) is 0.462. The molecule has 5 rings (SSSR count). The number of Topliss-reactive ketones (excluding diaryl/α,β-unsaturated/α-hetero) is 1. The number of rotatable bonds is 6. The molecule has 0 spiro atoms. The number of amides is 1. The molecular weight excluding hydrogens is 405 g/mol. The summed E-state index contributed by atoms with van der Waals surface area (Å²) >= 11 is 0. The van der Waals surface area contributed by atoms with Gasteiger partial charge in [0.1, 0.15) is 5.82 Å². The fourth-order valence-electron chi connectivity index (χ4n) is 6.09. The highest BCUT2D eigenvalue weighted by atomic mass is 19.1. The van der Waals surface area contributed by atoms with Gasteiger partial charge in [0.05, 0.1) is 17.9 Å². The van der Waals surface area contributed by atoms with Crippen molar-refractivity contribution in [3.05, 3.63) is 59.4 Å². The van der Waals surface area contributed by atoms with E-state index in [4.69, 9.17) is 0 Å². The minimum Gasteiger partial charge on any atom is -0.356 e. The third kappa shape index (κ3) is 3.24. The van der Waals surface area contributed by atoms with Crippen molar-refractivity contribution < 1.29 is 14.0 Å². The Morgan fingerprint density at radius 2 is 1.97 bits per heavy atom. The maximum absolute atomic E-state index is 13.1. The predicted octanol–water partition coefficient (Wildman–Crippen LogP) is 4.01. The molecule has 6 heteroatoms. The van der Waals surface area contributed by atoms with Crippen molar-refractivity contribution in [2.75, 3.05) is 43.0 Å². The molecule has 3 aliphatic rings. The van der Waals surface area contributed by atoms with Crippen LogP contribution in [0.2, 0.25) is 0 Å². The van der Waals surface area contributed by atoms with Gasteiger partial charge in [-0.05, 0) is 61.7 Å². The fourth-order valence-corrected chi connectivity index (χ4v) is 6.09. The van der Waals surface area contributed by atoms with Crippen LogP contribution in [0.3, 0.4) is 0 Å². The molecule has 2 aromatic rings. The van der Waals surface area contributed by atoms with E-state index in [0.717, 1.165) is 44.6 Å². The Hall–Kier alpha value is -2.73. The number of hydrogen-bond donors (Lipinski definition) is 0. The van der Waals surface area contributed by atoms with Crippen molar-refractivity contribution >= 4 is 23.1 Å². The van der Waals surface area contributed by atoms with Crippen LogP contribution in [0.5, 0.6) is 0 Å². The van der Waals surface area contributed by atoms with Crippen LogP contribution in [0.15, 0.2) is 42.5 Å². The van der Waals surface area contributed by atoms with E-state index in [-0.39, 0.29) is 22.9 Å². The summed E-state index contributed by atoms with van der Waals surface area (Å²) in [5.41, 5.74) is 4.23. The molecule has 0 bridgehead atoms. The molecule has 5 nitrogen and oxygen atoms in total. The number of carbonyl (C=O) groups excluding carboxylic acids is 2. The molecular formula is C26H30FN3O2. The molecule has 32 heavy (non-hydrogen) atoms. The Labute approximate surface area is 188 Å². The molecule has 0 aliphatic carbocycles. The summed E-state index contributed by atoms with van der Waals surface area (Å²) < 4.78 is 13.1. The topological polar surface area (TPSA) is 43.9 Å². The molecule has 1 fully saturated rings. The largest absolute Gasteiger partial charge is 0.356 e. The molecule has 2 atom stereocenters. The van der Waals surface area contributed by atoms with Crippen LogP contribution in [0, 0.1) is 5.82 Å². The van der Waals surface area contributed by atoms with E-state index in [1.165, 1.54) is 23.4 Å². The van der Waals surface area contributed by atoms with E-state index >= 15 is 0 Å². The van der Waals surface area contributed by atoms with Gasteiger partial charge >= 0.3 is 0 Å². The number of anilines is 2. The lowest BCUT2D eigenvalue weighted by Gasteiger charge is -2.47. The summed E-state index contributed by atoms with van der Waals surface area (Å²) in [6.07, 6.45) is 3.30. The molecule has 2 aromatic carbocycles. The van der Waals surface area contributed by atoms with Crippen LogP contribution in [-0.2, 0) is 10.2 Å². The monoisotopic (exact) mass is 435 g/mol. The van der Waals surface area contributed by atoms with Gasteiger partial charge in [-0.1, -0.05) is 19.1 Å². The number of para-hydroxylation sites is 1. The normalized spacial score (nSPS) is 24.5. The van der Waals surface area contributed by atoms with Gasteiger partial charge in [-0.3, -0.25) is 9.59 Å². The van der Waals surface area contributed by atoms with E-state index in [0.29, 0.717) is 24.6 Å². The first-order valence-electron chi connectivity index (χ1n) is 11.6. The van der Waals surface area contributed by atoms with Gasteiger partial charge in [0.2, 0.25) is 5.91 Å². The maximum Gasteiger partial charge on any atom is 0.246 e. The Morgan fingerprint density at radius 3 is 2.72 bits per heavy atom. The Bertz CT molecular complexity index is 1050. The highest BCUT2D eigenvalue weighted by Crippen LogP contribution is 2.55. The zero-order chi connectivity index (χ0) is 22.5. The van der Waals surface area contributed by atoms with Crippen molar-refractivity contribution in [1.82, 2.24) is 4.90 Å². The quantitative estimate of drug-likeness (QED) is 0.643. The van der Waals surface area contributed by atoms with Crippen molar-refractivity contribution in [1.29, 1.82) is 0 Å². The SMILES string of the molecule is CC[C@@]12CN(CCCC(=O)c3ccc(F)cc3)CC[C@@H]1N1CC(=O)N(C)c3cccc2c31. The average Bonchev–Trinajstić information content (AvgIpc) is 3.08. The van der Waals surface area contributed by atoms with Crippen LogP contribution in [-0.4, -0.2) is 55.9 Å². The average molecular weight is 436 g/mol. The number of fused-ring (bicyclic) bond motifs is 3. The zero-order valence-corrected chi connectivity index (χ0v) is 18.8. The van der Waals surface area contributed by atoms with Crippen molar-refractivity contribution in [3.8, 4) is 0 Å². The summed E-state index contributed by atoms with van der Waals surface area (Å²) in [5.74, 6) is -0.0944. The minimum atomic E-state index is -0.319. The van der Waals surface area contributed by atoms with E-state index < -0.39 is 0 Å². The van der Waals surface area contributed by atoms with Gasteiger partial charge < -0.3 is 14.7 Å². The molecule has 1 saturated heterocycles.